The number of carbonyl (C=O) groups excluding carboxylic acids is 1. The van der Waals surface area contributed by atoms with E-state index in [-0.39, 0.29) is 17.8 Å². The Balaban J connectivity index is 1.88. The second-order valence-electron chi connectivity index (χ2n) is 6.21. The molecule has 2 aliphatic rings. The second kappa shape index (κ2) is 6.16. The van der Waals surface area contributed by atoms with Gasteiger partial charge in [0.05, 0.1) is 12.8 Å². The van der Waals surface area contributed by atoms with Gasteiger partial charge >= 0.3 is 5.97 Å². The number of hydrogen-bond donors (Lipinski definition) is 1. The molecule has 1 aliphatic heterocycles. The number of hydrogen-bond acceptors (Lipinski definition) is 4. The summed E-state index contributed by atoms with van der Waals surface area (Å²) >= 11 is 3.64. The zero-order valence-corrected chi connectivity index (χ0v) is 14.9. The molecule has 2 aromatic rings. The van der Waals surface area contributed by atoms with Gasteiger partial charge in [-0.3, -0.25) is 9.89 Å². The van der Waals surface area contributed by atoms with Gasteiger partial charge in [0.1, 0.15) is 5.92 Å². The van der Waals surface area contributed by atoms with Gasteiger partial charge < -0.3 is 4.74 Å². The molecule has 1 saturated carbocycles. The number of carbonyl (C=O) groups is 1. The highest BCUT2D eigenvalue weighted by atomic mass is 79.9. The van der Waals surface area contributed by atoms with Crippen LogP contribution in [0.25, 0.3) is 0 Å². The molecule has 1 fully saturated rings. The van der Waals surface area contributed by atoms with Gasteiger partial charge in [0.25, 0.3) is 0 Å². The molecule has 1 N–H and O–H groups in total. The summed E-state index contributed by atoms with van der Waals surface area (Å²) in [5.41, 5.74) is 2.95. The highest BCUT2D eigenvalue weighted by Gasteiger charge is 2.46. The van der Waals surface area contributed by atoms with Gasteiger partial charge in [0.15, 0.2) is 5.82 Å². The van der Waals surface area contributed by atoms with Gasteiger partial charge in [0, 0.05) is 21.7 Å². The second-order valence-corrected chi connectivity index (χ2v) is 7.07. The Morgan fingerprint density at radius 3 is 2.83 bits per heavy atom. The summed E-state index contributed by atoms with van der Waals surface area (Å²) in [5, 5.41) is 7.14. The third kappa shape index (κ3) is 2.59. The number of halogens is 1. The average molecular weight is 388 g/mol. The third-order valence-corrected chi connectivity index (χ3v) is 5.37. The van der Waals surface area contributed by atoms with Crippen molar-refractivity contribution in [2.45, 2.75) is 25.7 Å². The van der Waals surface area contributed by atoms with Gasteiger partial charge in [-0.15, -0.1) is 0 Å². The molecule has 0 bridgehead atoms. The number of nitrogens with zero attached hydrogens (tertiary/aromatic N) is 2. The quantitative estimate of drug-likeness (QED) is 0.806. The van der Waals surface area contributed by atoms with Crippen LogP contribution in [0.15, 0.2) is 39.9 Å². The van der Waals surface area contributed by atoms with Crippen molar-refractivity contribution in [3.8, 4) is 0 Å². The van der Waals surface area contributed by atoms with E-state index in [1.807, 2.05) is 31.2 Å². The molecule has 2 atom stereocenters. The molecule has 24 heavy (non-hydrogen) atoms. The SMILES string of the molecule is CCOC(=O)C1C(C2CC2)=Nc2[nH]ncc2C1c1ccccc1Br. The molecule has 1 aromatic carbocycles. The minimum atomic E-state index is -0.388. The van der Waals surface area contributed by atoms with Crippen LogP contribution in [0.5, 0.6) is 0 Å². The molecule has 0 amide bonds. The Bertz CT molecular complexity index is 810. The van der Waals surface area contributed by atoms with Gasteiger partial charge in [0.2, 0.25) is 0 Å². The van der Waals surface area contributed by atoms with Crippen molar-refractivity contribution in [3.63, 3.8) is 0 Å². The van der Waals surface area contributed by atoms with Crippen molar-refractivity contribution in [2.24, 2.45) is 16.8 Å². The molecule has 1 aliphatic carbocycles. The molecule has 0 spiro atoms. The summed E-state index contributed by atoms with van der Waals surface area (Å²) in [6, 6.07) is 8.01. The molecule has 4 rings (SSSR count). The van der Waals surface area contributed by atoms with E-state index in [1.165, 1.54) is 0 Å². The van der Waals surface area contributed by atoms with Crippen molar-refractivity contribution >= 4 is 33.4 Å². The Hall–Kier alpha value is -1.95. The van der Waals surface area contributed by atoms with Crippen LogP contribution in [0.3, 0.4) is 0 Å². The molecule has 5 nitrogen and oxygen atoms in total. The number of aliphatic imine (C=N–C) groups is 1. The topological polar surface area (TPSA) is 67.3 Å². The predicted molar refractivity (Wildman–Crippen MR) is 94.5 cm³/mol. The lowest BCUT2D eigenvalue weighted by Crippen LogP contribution is -2.35. The number of fused-ring (bicyclic) bond motifs is 1. The summed E-state index contributed by atoms with van der Waals surface area (Å²) in [6.45, 7) is 2.21. The van der Waals surface area contributed by atoms with E-state index >= 15 is 0 Å². The van der Waals surface area contributed by atoms with E-state index in [9.17, 15) is 4.79 Å². The highest BCUT2D eigenvalue weighted by Crippen LogP contribution is 2.48. The molecule has 0 saturated heterocycles. The lowest BCUT2D eigenvalue weighted by Gasteiger charge is -2.31. The first-order valence-corrected chi connectivity index (χ1v) is 9.02. The number of ether oxygens (including phenoxy) is 1. The van der Waals surface area contributed by atoms with Crippen LogP contribution in [0.2, 0.25) is 0 Å². The van der Waals surface area contributed by atoms with Crippen LogP contribution in [-0.2, 0) is 9.53 Å². The Morgan fingerprint density at radius 1 is 1.33 bits per heavy atom. The van der Waals surface area contributed by atoms with Crippen LogP contribution < -0.4 is 0 Å². The summed E-state index contributed by atoms with van der Waals surface area (Å²) in [5.74, 6) is 0.414. The number of H-pyrrole nitrogens is 1. The van der Waals surface area contributed by atoms with E-state index in [1.54, 1.807) is 6.20 Å². The van der Waals surface area contributed by atoms with Gasteiger partial charge in [-0.1, -0.05) is 34.1 Å². The minimum Gasteiger partial charge on any atom is -0.465 e. The number of aromatic nitrogens is 2. The van der Waals surface area contributed by atoms with Crippen LogP contribution in [-0.4, -0.2) is 28.5 Å². The maximum absolute atomic E-state index is 12.8. The van der Waals surface area contributed by atoms with Crippen molar-refractivity contribution < 1.29 is 9.53 Å². The number of aromatic amines is 1. The zero-order valence-electron chi connectivity index (χ0n) is 13.3. The summed E-state index contributed by atoms with van der Waals surface area (Å²) in [7, 11) is 0. The lowest BCUT2D eigenvalue weighted by molar-refractivity contribution is -0.146. The molecule has 124 valence electrons. The van der Waals surface area contributed by atoms with E-state index in [2.05, 4.69) is 26.1 Å². The predicted octanol–water partition coefficient (Wildman–Crippen LogP) is 3.98. The van der Waals surface area contributed by atoms with Gasteiger partial charge in [-0.05, 0) is 37.3 Å². The molecule has 0 radical (unpaired) electrons. The normalized spacial score (nSPS) is 22.7. The first-order valence-electron chi connectivity index (χ1n) is 8.23. The number of esters is 1. The number of nitrogens with one attached hydrogen (secondary N) is 1. The Labute approximate surface area is 148 Å². The average Bonchev–Trinajstić information content (AvgIpc) is 3.32. The van der Waals surface area contributed by atoms with Crippen molar-refractivity contribution in [2.75, 3.05) is 6.61 Å². The van der Waals surface area contributed by atoms with Crippen LogP contribution >= 0.6 is 15.9 Å². The smallest absolute Gasteiger partial charge is 0.315 e. The van der Waals surface area contributed by atoms with Crippen LogP contribution in [0, 0.1) is 11.8 Å². The van der Waals surface area contributed by atoms with Gasteiger partial charge in [-0.25, -0.2) is 4.99 Å². The van der Waals surface area contributed by atoms with Crippen molar-refractivity contribution in [1.82, 2.24) is 10.2 Å². The Morgan fingerprint density at radius 2 is 2.12 bits per heavy atom. The van der Waals surface area contributed by atoms with Crippen molar-refractivity contribution in [3.05, 3.63) is 46.1 Å². The molecular weight excluding hydrogens is 370 g/mol. The summed E-state index contributed by atoms with van der Waals surface area (Å²) in [4.78, 5) is 17.6. The fourth-order valence-corrected chi connectivity index (χ4v) is 3.97. The molecular formula is C18H18BrN3O2. The molecule has 2 heterocycles. The lowest BCUT2D eigenvalue weighted by atomic mass is 9.76. The monoisotopic (exact) mass is 387 g/mol. The summed E-state index contributed by atoms with van der Waals surface area (Å²) in [6.07, 6.45) is 3.95. The zero-order chi connectivity index (χ0) is 16.7. The standard InChI is InChI=1S/C18H18BrN3O2/c1-2-24-18(23)15-14(11-5-3-4-6-13(11)19)12-9-20-22-17(12)21-16(15)10-7-8-10/h3-6,9-10,14-15H,2,7-8H2,1H3,(H,20,22). The minimum absolute atomic E-state index is 0.138. The largest absolute Gasteiger partial charge is 0.465 e. The van der Waals surface area contributed by atoms with E-state index in [4.69, 9.17) is 9.73 Å². The molecule has 1 aromatic heterocycles. The number of rotatable bonds is 4. The number of benzene rings is 1. The molecule has 6 heteroatoms. The first-order chi connectivity index (χ1) is 11.7. The maximum Gasteiger partial charge on any atom is 0.315 e. The fourth-order valence-electron chi connectivity index (χ4n) is 3.44. The van der Waals surface area contributed by atoms with E-state index in [0.29, 0.717) is 12.5 Å². The van der Waals surface area contributed by atoms with E-state index in [0.717, 1.165) is 40.0 Å². The highest BCUT2D eigenvalue weighted by molar-refractivity contribution is 9.10. The Kier molecular flexibility index (Phi) is 4.00. The summed E-state index contributed by atoms with van der Waals surface area (Å²) < 4.78 is 6.39. The van der Waals surface area contributed by atoms with E-state index < -0.39 is 0 Å². The van der Waals surface area contributed by atoms with Crippen LogP contribution in [0.4, 0.5) is 5.82 Å². The molecule has 2 unspecified atom stereocenters. The van der Waals surface area contributed by atoms with Crippen LogP contribution in [0.1, 0.15) is 36.8 Å². The van der Waals surface area contributed by atoms with Crippen molar-refractivity contribution in [1.29, 1.82) is 0 Å². The first kappa shape index (κ1) is 15.6. The maximum atomic E-state index is 12.8. The fraction of sp³-hybridized carbons (Fsp3) is 0.389. The third-order valence-electron chi connectivity index (χ3n) is 4.65. The van der Waals surface area contributed by atoms with Gasteiger partial charge in [-0.2, -0.15) is 5.10 Å².